The summed E-state index contributed by atoms with van der Waals surface area (Å²) in [5, 5.41) is 8.94. The number of anilines is 3. The van der Waals surface area contributed by atoms with E-state index in [4.69, 9.17) is 0 Å². The summed E-state index contributed by atoms with van der Waals surface area (Å²) in [7, 11) is 3.54. The van der Waals surface area contributed by atoms with Gasteiger partial charge in [-0.1, -0.05) is 0 Å². The van der Waals surface area contributed by atoms with Crippen LogP contribution in [-0.2, 0) is 6.54 Å². The molecule has 0 aliphatic heterocycles. The summed E-state index contributed by atoms with van der Waals surface area (Å²) in [6.07, 6.45) is 0. The Balaban J connectivity index is 2.08. The highest BCUT2D eigenvalue weighted by Crippen LogP contribution is 2.09. The fraction of sp³-hybridized carbons (Fsp3) is 0.364. The first-order chi connectivity index (χ1) is 8.71. The Labute approximate surface area is 105 Å². The van der Waals surface area contributed by atoms with E-state index in [1.165, 1.54) is 0 Å². The van der Waals surface area contributed by atoms with E-state index in [0.29, 0.717) is 24.4 Å². The summed E-state index contributed by atoms with van der Waals surface area (Å²) in [5.41, 5.74) is 2.22. The summed E-state index contributed by atoms with van der Waals surface area (Å²) >= 11 is 0. The van der Waals surface area contributed by atoms with Crippen molar-refractivity contribution in [1.29, 1.82) is 0 Å². The van der Waals surface area contributed by atoms with Crippen molar-refractivity contribution in [2.24, 2.45) is 0 Å². The van der Waals surface area contributed by atoms with Crippen molar-refractivity contribution in [3.05, 3.63) is 23.5 Å². The molecule has 0 aromatic carbocycles. The zero-order chi connectivity index (χ0) is 13.0. The van der Waals surface area contributed by atoms with Crippen molar-refractivity contribution in [2.75, 3.05) is 30.0 Å². The molecule has 0 radical (unpaired) electrons. The topological polar surface area (TPSA) is 90.5 Å². The van der Waals surface area contributed by atoms with Crippen LogP contribution in [0.3, 0.4) is 0 Å². The number of hydrogen-bond acceptors (Lipinski definition) is 6. The van der Waals surface area contributed by atoms with Gasteiger partial charge in [0, 0.05) is 25.5 Å². The number of H-pyrrole nitrogens is 1. The van der Waals surface area contributed by atoms with Crippen molar-refractivity contribution < 1.29 is 0 Å². The fourth-order valence-electron chi connectivity index (χ4n) is 1.52. The molecular formula is C11H17N7. The first kappa shape index (κ1) is 12.2. The number of rotatable bonds is 5. The molecule has 0 aliphatic rings. The normalized spacial score (nSPS) is 10.2. The second-order valence-corrected chi connectivity index (χ2v) is 3.83. The average Bonchev–Trinajstić information content (AvgIpc) is 2.81. The summed E-state index contributed by atoms with van der Waals surface area (Å²) < 4.78 is 0. The lowest BCUT2D eigenvalue weighted by molar-refractivity contribution is 0.980. The van der Waals surface area contributed by atoms with Gasteiger partial charge in [0.2, 0.25) is 17.8 Å². The van der Waals surface area contributed by atoms with Gasteiger partial charge in [0.1, 0.15) is 0 Å². The largest absolute Gasteiger partial charge is 0.361 e. The van der Waals surface area contributed by atoms with E-state index in [1.54, 1.807) is 14.1 Å². The van der Waals surface area contributed by atoms with Crippen LogP contribution in [0.15, 0.2) is 12.1 Å². The number of aromatic nitrogens is 4. The van der Waals surface area contributed by atoms with Gasteiger partial charge in [-0.15, -0.1) is 0 Å². The first-order valence-electron chi connectivity index (χ1n) is 5.71. The molecule has 18 heavy (non-hydrogen) atoms. The van der Waals surface area contributed by atoms with Gasteiger partial charge in [0.25, 0.3) is 0 Å². The molecule has 0 aliphatic carbocycles. The Morgan fingerprint density at radius 1 is 1.00 bits per heavy atom. The molecule has 7 heteroatoms. The Morgan fingerprint density at radius 2 is 1.61 bits per heavy atom. The van der Waals surface area contributed by atoms with Crippen LogP contribution >= 0.6 is 0 Å². The summed E-state index contributed by atoms with van der Waals surface area (Å²) in [5.74, 6) is 1.59. The maximum absolute atomic E-state index is 4.22. The van der Waals surface area contributed by atoms with Crippen molar-refractivity contribution in [3.63, 3.8) is 0 Å². The van der Waals surface area contributed by atoms with Gasteiger partial charge in [0.15, 0.2) is 0 Å². The fourth-order valence-corrected chi connectivity index (χ4v) is 1.52. The van der Waals surface area contributed by atoms with Crippen molar-refractivity contribution in [1.82, 2.24) is 19.9 Å². The smallest absolute Gasteiger partial charge is 0.229 e. The molecule has 7 nitrogen and oxygen atoms in total. The van der Waals surface area contributed by atoms with Crippen LogP contribution in [0, 0.1) is 6.92 Å². The van der Waals surface area contributed by atoms with Crippen molar-refractivity contribution in [2.45, 2.75) is 13.5 Å². The maximum atomic E-state index is 4.22. The molecule has 96 valence electrons. The Morgan fingerprint density at radius 3 is 2.11 bits per heavy atom. The van der Waals surface area contributed by atoms with E-state index in [2.05, 4.69) is 35.9 Å². The van der Waals surface area contributed by atoms with Gasteiger partial charge in [-0.05, 0) is 19.1 Å². The number of aryl methyl sites for hydroxylation is 1. The molecule has 0 atom stereocenters. The molecule has 2 rings (SSSR count). The third-order valence-electron chi connectivity index (χ3n) is 2.41. The van der Waals surface area contributed by atoms with Crippen LogP contribution in [0.4, 0.5) is 17.8 Å². The molecule has 2 heterocycles. The van der Waals surface area contributed by atoms with Gasteiger partial charge in [0.05, 0.1) is 6.54 Å². The van der Waals surface area contributed by atoms with Gasteiger partial charge >= 0.3 is 0 Å². The van der Waals surface area contributed by atoms with Gasteiger partial charge in [-0.3, -0.25) is 0 Å². The van der Waals surface area contributed by atoms with Crippen molar-refractivity contribution in [3.8, 4) is 0 Å². The van der Waals surface area contributed by atoms with Gasteiger partial charge in [-0.2, -0.15) is 15.0 Å². The minimum Gasteiger partial charge on any atom is -0.361 e. The minimum absolute atomic E-state index is 0.527. The molecule has 0 amide bonds. The second-order valence-electron chi connectivity index (χ2n) is 3.83. The van der Waals surface area contributed by atoms with E-state index in [1.807, 2.05) is 19.1 Å². The van der Waals surface area contributed by atoms with Crippen LogP contribution in [0.25, 0.3) is 0 Å². The number of nitrogens with one attached hydrogen (secondary N) is 4. The van der Waals surface area contributed by atoms with E-state index in [-0.39, 0.29) is 0 Å². The van der Waals surface area contributed by atoms with E-state index in [0.717, 1.165) is 11.4 Å². The summed E-state index contributed by atoms with van der Waals surface area (Å²) in [4.78, 5) is 15.8. The lowest BCUT2D eigenvalue weighted by Gasteiger charge is -2.07. The van der Waals surface area contributed by atoms with Crippen LogP contribution in [0.2, 0.25) is 0 Å². The molecule has 2 aromatic rings. The van der Waals surface area contributed by atoms with Gasteiger partial charge < -0.3 is 20.9 Å². The standard InChI is InChI=1S/C11H17N7/c1-7-4-5-8(15-7)6-14-11-17-9(12-2)16-10(13-3)18-11/h4-5,15H,6H2,1-3H3,(H3,12,13,14,16,17,18). The zero-order valence-electron chi connectivity index (χ0n) is 10.7. The zero-order valence-corrected chi connectivity index (χ0v) is 10.7. The Hall–Kier alpha value is -2.31. The highest BCUT2D eigenvalue weighted by atomic mass is 15.3. The SMILES string of the molecule is CNc1nc(NC)nc(NCc2ccc(C)[nH]2)n1. The van der Waals surface area contributed by atoms with E-state index in [9.17, 15) is 0 Å². The lowest BCUT2D eigenvalue weighted by atomic mass is 10.4. The third kappa shape index (κ3) is 2.88. The molecule has 0 spiro atoms. The Kier molecular flexibility index (Phi) is 3.61. The van der Waals surface area contributed by atoms with Crippen LogP contribution in [-0.4, -0.2) is 34.0 Å². The van der Waals surface area contributed by atoms with Crippen molar-refractivity contribution >= 4 is 17.8 Å². The quantitative estimate of drug-likeness (QED) is 0.635. The minimum atomic E-state index is 0.527. The van der Waals surface area contributed by atoms with E-state index >= 15 is 0 Å². The highest BCUT2D eigenvalue weighted by Gasteiger charge is 2.04. The third-order valence-corrected chi connectivity index (χ3v) is 2.41. The monoisotopic (exact) mass is 247 g/mol. The lowest BCUT2D eigenvalue weighted by Crippen LogP contribution is -2.09. The predicted molar refractivity (Wildman–Crippen MR) is 71.8 cm³/mol. The summed E-state index contributed by atoms with van der Waals surface area (Å²) in [6.45, 7) is 2.66. The number of nitrogens with zero attached hydrogens (tertiary/aromatic N) is 3. The molecule has 0 bridgehead atoms. The van der Waals surface area contributed by atoms with Gasteiger partial charge in [-0.25, -0.2) is 0 Å². The molecule has 0 unspecified atom stereocenters. The van der Waals surface area contributed by atoms with Crippen LogP contribution in [0.5, 0.6) is 0 Å². The molecule has 4 N–H and O–H groups in total. The number of hydrogen-bond donors (Lipinski definition) is 4. The molecule has 2 aromatic heterocycles. The predicted octanol–water partition coefficient (Wildman–Crippen LogP) is 1.20. The number of aromatic amines is 1. The molecule has 0 fully saturated rings. The molecular weight excluding hydrogens is 230 g/mol. The first-order valence-corrected chi connectivity index (χ1v) is 5.71. The van der Waals surface area contributed by atoms with Crippen LogP contribution < -0.4 is 16.0 Å². The molecule has 0 saturated carbocycles. The maximum Gasteiger partial charge on any atom is 0.229 e. The van der Waals surface area contributed by atoms with E-state index < -0.39 is 0 Å². The Bertz CT molecular complexity index is 498. The second kappa shape index (κ2) is 5.35. The highest BCUT2D eigenvalue weighted by molar-refractivity contribution is 5.41. The molecule has 0 saturated heterocycles. The summed E-state index contributed by atoms with van der Waals surface area (Å²) in [6, 6.07) is 4.06. The van der Waals surface area contributed by atoms with Crippen LogP contribution in [0.1, 0.15) is 11.4 Å². The average molecular weight is 247 g/mol.